The van der Waals surface area contributed by atoms with Gasteiger partial charge >= 0.3 is 0 Å². The summed E-state index contributed by atoms with van der Waals surface area (Å²) in [6, 6.07) is 16.2. The van der Waals surface area contributed by atoms with Crippen LogP contribution in [0.25, 0.3) is 0 Å². The first-order valence-electron chi connectivity index (χ1n) is 6.29. The van der Waals surface area contributed by atoms with Gasteiger partial charge in [-0.15, -0.1) is 0 Å². The van der Waals surface area contributed by atoms with Gasteiger partial charge < -0.3 is 5.32 Å². The van der Waals surface area contributed by atoms with E-state index in [1.165, 1.54) is 5.56 Å². The lowest BCUT2D eigenvalue weighted by atomic mass is 10.1. The number of benzene rings is 2. The van der Waals surface area contributed by atoms with Gasteiger partial charge in [-0.3, -0.25) is 0 Å². The highest BCUT2D eigenvalue weighted by atomic mass is 79.9. The number of halogens is 1. The topological polar surface area (TPSA) is 35.8 Å². The third kappa shape index (κ3) is 3.36. The average Bonchev–Trinajstić information content (AvgIpc) is 2.42. The van der Waals surface area contributed by atoms with Crippen LogP contribution in [0.4, 0.5) is 11.4 Å². The summed E-state index contributed by atoms with van der Waals surface area (Å²) in [6.07, 6.45) is 2.25. The van der Waals surface area contributed by atoms with E-state index in [9.17, 15) is 5.26 Å². The number of anilines is 2. The van der Waals surface area contributed by atoms with Gasteiger partial charge in [-0.1, -0.05) is 31.5 Å². The van der Waals surface area contributed by atoms with Crippen LogP contribution in [0.15, 0.2) is 46.9 Å². The van der Waals surface area contributed by atoms with Gasteiger partial charge in [0.1, 0.15) is 6.07 Å². The highest BCUT2D eigenvalue weighted by Crippen LogP contribution is 2.26. The lowest BCUT2D eigenvalue weighted by molar-refractivity contribution is 0.922. The fraction of sp³-hybridized carbons (Fsp3) is 0.188. The SMILES string of the molecule is CCCc1ccc(Nc2cccc(Br)c2C#N)cc1. The van der Waals surface area contributed by atoms with Crippen molar-refractivity contribution in [3.8, 4) is 6.07 Å². The number of aryl methyl sites for hydroxylation is 1. The molecule has 1 N–H and O–H groups in total. The molecule has 0 aliphatic carbocycles. The van der Waals surface area contributed by atoms with E-state index in [0.29, 0.717) is 5.56 Å². The van der Waals surface area contributed by atoms with Gasteiger partial charge in [-0.25, -0.2) is 0 Å². The van der Waals surface area contributed by atoms with Crippen molar-refractivity contribution >= 4 is 27.3 Å². The molecule has 0 amide bonds. The van der Waals surface area contributed by atoms with Crippen LogP contribution in [0.2, 0.25) is 0 Å². The van der Waals surface area contributed by atoms with E-state index in [2.05, 4.69) is 46.4 Å². The van der Waals surface area contributed by atoms with Crippen LogP contribution >= 0.6 is 15.9 Å². The molecule has 96 valence electrons. The normalized spacial score (nSPS) is 9.95. The van der Waals surface area contributed by atoms with Crippen molar-refractivity contribution in [3.05, 3.63) is 58.1 Å². The number of hydrogen-bond donors (Lipinski definition) is 1. The van der Waals surface area contributed by atoms with E-state index >= 15 is 0 Å². The molecular weight excluding hydrogens is 300 g/mol. The lowest BCUT2D eigenvalue weighted by Gasteiger charge is -2.10. The molecule has 2 aromatic rings. The molecular formula is C16H15BrN2. The second-order valence-electron chi connectivity index (χ2n) is 4.35. The molecule has 0 aromatic heterocycles. The van der Waals surface area contributed by atoms with E-state index in [-0.39, 0.29) is 0 Å². The summed E-state index contributed by atoms with van der Waals surface area (Å²) in [5.41, 5.74) is 3.78. The van der Waals surface area contributed by atoms with Gasteiger partial charge in [-0.05, 0) is 52.2 Å². The maximum absolute atomic E-state index is 9.17. The van der Waals surface area contributed by atoms with Crippen LogP contribution in [0.5, 0.6) is 0 Å². The number of rotatable bonds is 4. The molecule has 0 radical (unpaired) electrons. The smallest absolute Gasteiger partial charge is 0.103 e. The van der Waals surface area contributed by atoms with E-state index in [1.54, 1.807) is 0 Å². The summed E-state index contributed by atoms with van der Waals surface area (Å²) in [5, 5.41) is 12.5. The number of nitrogens with zero attached hydrogens (tertiary/aromatic N) is 1. The quantitative estimate of drug-likeness (QED) is 0.860. The minimum absolute atomic E-state index is 0.625. The fourth-order valence-electron chi connectivity index (χ4n) is 1.94. The Morgan fingerprint density at radius 1 is 1.16 bits per heavy atom. The maximum Gasteiger partial charge on any atom is 0.103 e. The molecule has 0 aliphatic heterocycles. The fourth-order valence-corrected chi connectivity index (χ4v) is 2.40. The summed E-state index contributed by atoms with van der Waals surface area (Å²) in [4.78, 5) is 0. The van der Waals surface area contributed by atoms with Gasteiger partial charge in [0.15, 0.2) is 0 Å². The van der Waals surface area contributed by atoms with E-state index in [1.807, 2.05) is 30.3 Å². The Hall–Kier alpha value is -1.79. The summed E-state index contributed by atoms with van der Waals surface area (Å²) < 4.78 is 0.808. The lowest BCUT2D eigenvalue weighted by Crippen LogP contribution is -1.94. The zero-order valence-electron chi connectivity index (χ0n) is 10.8. The van der Waals surface area contributed by atoms with E-state index in [4.69, 9.17) is 0 Å². The number of hydrogen-bond acceptors (Lipinski definition) is 2. The van der Waals surface area contributed by atoms with Crippen LogP contribution < -0.4 is 5.32 Å². The zero-order chi connectivity index (χ0) is 13.7. The van der Waals surface area contributed by atoms with Gasteiger partial charge in [0.2, 0.25) is 0 Å². The molecule has 0 atom stereocenters. The first-order chi connectivity index (χ1) is 9.24. The first-order valence-corrected chi connectivity index (χ1v) is 7.08. The predicted molar refractivity (Wildman–Crippen MR) is 82.6 cm³/mol. The van der Waals surface area contributed by atoms with Crippen molar-refractivity contribution in [3.63, 3.8) is 0 Å². The van der Waals surface area contributed by atoms with Crippen molar-refractivity contribution in [2.45, 2.75) is 19.8 Å². The third-order valence-corrected chi connectivity index (χ3v) is 3.56. The highest BCUT2D eigenvalue weighted by molar-refractivity contribution is 9.10. The Bertz CT molecular complexity index is 597. The van der Waals surface area contributed by atoms with Gasteiger partial charge in [0.05, 0.1) is 11.3 Å². The minimum Gasteiger partial charge on any atom is -0.354 e. The molecule has 0 saturated carbocycles. The molecule has 2 aromatic carbocycles. The average molecular weight is 315 g/mol. The van der Waals surface area contributed by atoms with Crippen LogP contribution in [-0.4, -0.2) is 0 Å². The van der Waals surface area contributed by atoms with Gasteiger partial charge in [0, 0.05) is 10.2 Å². The molecule has 2 rings (SSSR count). The van der Waals surface area contributed by atoms with Gasteiger partial charge in [0.25, 0.3) is 0 Å². The van der Waals surface area contributed by atoms with Gasteiger partial charge in [-0.2, -0.15) is 5.26 Å². The summed E-state index contributed by atoms with van der Waals surface area (Å²) in [5.74, 6) is 0. The van der Waals surface area contributed by atoms with Crippen molar-refractivity contribution in [2.75, 3.05) is 5.32 Å². The van der Waals surface area contributed by atoms with Crippen LogP contribution in [0.3, 0.4) is 0 Å². The Balaban J connectivity index is 2.22. The minimum atomic E-state index is 0.625. The Morgan fingerprint density at radius 2 is 1.89 bits per heavy atom. The second-order valence-corrected chi connectivity index (χ2v) is 5.20. The van der Waals surface area contributed by atoms with Crippen molar-refractivity contribution < 1.29 is 0 Å². The van der Waals surface area contributed by atoms with Crippen molar-refractivity contribution in [2.24, 2.45) is 0 Å². The summed E-state index contributed by atoms with van der Waals surface area (Å²) in [7, 11) is 0. The summed E-state index contributed by atoms with van der Waals surface area (Å²) >= 11 is 3.39. The molecule has 0 saturated heterocycles. The molecule has 0 heterocycles. The number of nitrogens with one attached hydrogen (secondary N) is 1. The number of nitriles is 1. The third-order valence-electron chi connectivity index (χ3n) is 2.90. The van der Waals surface area contributed by atoms with Crippen LogP contribution in [-0.2, 0) is 6.42 Å². The molecule has 0 bridgehead atoms. The standard InChI is InChI=1S/C16H15BrN2/c1-2-4-12-7-9-13(10-8-12)19-16-6-3-5-15(17)14(16)11-18/h3,5-10,19H,2,4H2,1H3. The molecule has 0 unspecified atom stereocenters. The Morgan fingerprint density at radius 3 is 2.53 bits per heavy atom. The highest BCUT2D eigenvalue weighted by Gasteiger charge is 2.05. The van der Waals surface area contributed by atoms with E-state index in [0.717, 1.165) is 28.7 Å². The maximum atomic E-state index is 9.17. The Labute approximate surface area is 122 Å². The molecule has 0 fully saturated rings. The second kappa shape index (κ2) is 6.40. The monoisotopic (exact) mass is 314 g/mol. The Kier molecular flexibility index (Phi) is 4.59. The molecule has 2 nitrogen and oxygen atoms in total. The molecule has 19 heavy (non-hydrogen) atoms. The molecule has 0 aliphatic rings. The summed E-state index contributed by atoms with van der Waals surface area (Å²) in [6.45, 7) is 2.17. The van der Waals surface area contributed by atoms with Crippen molar-refractivity contribution in [1.82, 2.24) is 0 Å². The predicted octanol–water partition coefficient (Wildman–Crippen LogP) is 5.02. The first kappa shape index (κ1) is 13.6. The van der Waals surface area contributed by atoms with Crippen molar-refractivity contribution in [1.29, 1.82) is 5.26 Å². The van der Waals surface area contributed by atoms with Crippen LogP contribution in [0.1, 0.15) is 24.5 Å². The largest absolute Gasteiger partial charge is 0.354 e. The molecule has 0 spiro atoms. The molecule has 3 heteroatoms. The van der Waals surface area contributed by atoms with E-state index < -0.39 is 0 Å². The van der Waals surface area contributed by atoms with Crippen LogP contribution in [0, 0.1) is 11.3 Å². The zero-order valence-corrected chi connectivity index (χ0v) is 12.4.